The SMILES string of the molecule is O=C1CNC(=O)N1CCCn1cccn1. The van der Waals surface area contributed by atoms with Crippen molar-refractivity contribution in [3.63, 3.8) is 0 Å². The van der Waals surface area contributed by atoms with Crippen molar-refractivity contribution in [2.45, 2.75) is 13.0 Å². The molecule has 0 bridgehead atoms. The van der Waals surface area contributed by atoms with Gasteiger partial charge in [0.05, 0.1) is 6.54 Å². The van der Waals surface area contributed by atoms with Crippen molar-refractivity contribution in [3.05, 3.63) is 18.5 Å². The summed E-state index contributed by atoms with van der Waals surface area (Å²) in [5.74, 6) is -0.152. The Morgan fingerprint density at radius 3 is 2.87 bits per heavy atom. The van der Waals surface area contributed by atoms with Gasteiger partial charge in [0, 0.05) is 25.5 Å². The molecule has 1 aromatic rings. The number of carbonyl (C=O) groups is 2. The summed E-state index contributed by atoms with van der Waals surface area (Å²) in [4.78, 5) is 23.6. The number of nitrogens with one attached hydrogen (secondary N) is 1. The Morgan fingerprint density at radius 1 is 1.40 bits per heavy atom. The molecule has 0 aliphatic carbocycles. The van der Waals surface area contributed by atoms with Gasteiger partial charge in [-0.3, -0.25) is 14.4 Å². The molecule has 6 nitrogen and oxygen atoms in total. The summed E-state index contributed by atoms with van der Waals surface area (Å²) in [7, 11) is 0. The van der Waals surface area contributed by atoms with E-state index in [1.54, 1.807) is 10.9 Å². The zero-order valence-corrected chi connectivity index (χ0v) is 8.22. The van der Waals surface area contributed by atoms with Crippen LogP contribution in [0.4, 0.5) is 4.79 Å². The fraction of sp³-hybridized carbons (Fsp3) is 0.444. The van der Waals surface area contributed by atoms with Crippen LogP contribution in [-0.4, -0.2) is 39.7 Å². The third kappa shape index (κ3) is 2.15. The van der Waals surface area contributed by atoms with Crippen LogP contribution >= 0.6 is 0 Å². The smallest absolute Gasteiger partial charge is 0.324 e. The molecule has 0 spiro atoms. The second-order valence-electron chi connectivity index (χ2n) is 3.33. The van der Waals surface area contributed by atoms with Gasteiger partial charge >= 0.3 is 6.03 Å². The maximum atomic E-state index is 11.2. The van der Waals surface area contributed by atoms with Crippen LogP contribution in [0.5, 0.6) is 0 Å². The number of carbonyl (C=O) groups excluding carboxylic acids is 2. The fourth-order valence-corrected chi connectivity index (χ4v) is 1.51. The van der Waals surface area contributed by atoms with Gasteiger partial charge in [0.2, 0.25) is 5.91 Å². The number of hydrogen-bond donors (Lipinski definition) is 1. The summed E-state index contributed by atoms with van der Waals surface area (Å²) in [5.41, 5.74) is 0. The minimum atomic E-state index is -0.291. The first-order valence-corrected chi connectivity index (χ1v) is 4.83. The highest BCUT2D eigenvalue weighted by molar-refractivity contribution is 6.01. The van der Waals surface area contributed by atoms with Crippen molar-refractivity contribution in [2.75, 3.05) is 13.1 Å². The molecule has 0 aromatic carbocycles. The third-order valence-electron chi connectivity index (χ3n) is 2.27. The molecule has 3 amide bonds. The molecule has 80 valence electrons. The molecule has 1 aliphatic heterocycles. The standard InChI is InChI=1S/C9H12N4O2/c14-8-7-10-9(15)13(8)6-2-5-12-4-1-3-11-12/h1,3-4H,2,5-7H2,(H,10,15). The van der Waals surface area contributed by atoms with Gasteiger partial charge in [-0.2, -0.15) is 5.10 Å². The number of hydrogen-bond acceptors (Lipinski definition) is 3. The molecule has 1 fully saturated rings. The van der Waals surface area contributed by atoms with Gasteiger partial charge in [-0.1, -0.05) is 0 Å². The van der Waals surface area contributed by atoms with Crippen molar-refractivity contribution in [1.29, 1.82) is 0 Å². The van der Waals surface area contributed by atoms with Gasteiger partial charge in [0.25, 0.3) is 0 Å². The van der Waals surface area contributed by atoms with Crippen LogP contribution < -0.4 is 5.32 Å². The molecule has 1 saturated heterocycles. The molecule has 1 aliphatic rings. The number of aromatic nitrogens is 2. The Morgan fingerprint density at radius 2 is 2.27 bits per heavy atom. The van der Waals surface area contributed by atoms with Crippen LogP contribution in [-0.2, 0) is 11.3 Å². The van der Waals surface area contributed by atoms with Gasteiger partial charge in [0.1, 0.15) is 0 Å². The van der Waals surface area contributed by atoms with E-state index in [0.29, 0.717) is 13.1 Å². The van der Waals surface area contributed by atoms with Crippen molar-refractivity contribution >= 4 is 11.9 Å². The zero-order valence-electron chi connectivity index (χ0n) is 8.22. The first-order chi connectivity index (χ1) is 7.27. The molecule has 0 atom stereocenters. The summed E-state index contributed by atoms with van der Waals surface area (Å²) in [5, 5.41) is 6.51. The first kappa shape index (κ1) is 9.70. The molecule has 2 rings (SSSR count). The molecule has 15 heavy (non-hydrogen) atoms. The monoisotopic (exact) mass is 208 g/mol. The van der Waals surface area contributed by atoms with E-state index in [9.17, 15) is 9.59 Å². The topological polar surface area (TPSA) is 67.2 Å². The number of rotatable bonds is 4. The number of imide groups is 1. The number of nitrogens with zero attached hydrogens (tertiary/aromatic N) is 3. The Labute approximate surface area is 86.9 Å². The van der Waals surface area contributed by atoms with Gasteiger partial charge in [0.15, 0.2) is 0 Å². The van der Waals surface area contributed by atoms with Crippen molar-refractivity contribution in [3.8, 4) is 0 Å². The van der Waals surface area contributed by atoms with Crippen molar-refractivity contribution < 1.29 is 9.59 Å². The van der Waals surface area contributed by atoms with E-state index in [0.717, 1.165) is 6.42 Å². The zero-order chi connectivity index (χ0) is 10.7. The van der Waals surface area contributed by atoms with Crippen molar-refractivity contribution in [1.82, 2.24) is 20.0 Å². The maximum absolute atomic E-state index is 11.2. The average molecular weight is 208 g/mol. The first-order valence-electron chi connectivity index (χ1n) is 4.83. The van der Waals surface area contributed by atoms with Gasteiger partial charge in [-0.25, -0.2) is 4.79 Å². The summed E-state index contributed by atoms with van der Waals surface area (Å²) >= 11 is 0. The van der Waals surface area contributed by atoms with E-state index in [-0.39, 0.29) is 18.5 Å². The van der Waals surface area contributed by atoms with E-state index in [4.69, 9.17) is 0 Å². The van der Waals surface area contributed by atoms with Crippen molar-refractivity contribution in [2.24, 2.45) is 0 Å². The summed E-state index contributed by atoms with van der Waals surface area (Å²) in [6, 6.07) is 1.55. The molecule has 2 heterocycles. The van der Waals surface area contributed by atoms with E-state index in [1.165, 1.54) is 4.90 Å². The maximum Gasteiger partial charge on any atom is 0.324 e. The van der Waals surface area contributed by atoms with Gasteiger partial charge in [-0.05, 0) is 12.5 Å². The lowest BCUT2D eigenvalue weighted by Crippen LogP contribution is -2.32. The average Bonchev–Trinajstić information content (AvgIpc) is 2.82. The normalized spacial score (nSPS) is 15.9. The Kier molecular flexibility index (Phi) is 2.66. The lowest BCUT2D eigenvalue weighted by Gasteiger charge is -2.11. The Balaban J connectivity index is 1.78. The number of amides is 3. The molecular formula is C9H12N4O2. The van der Waals surface area contributed by atoms with Gasteiger partial charge in [-0.15, -0.1) is 0 Å². The molecule has 0 unspecified atom stereocenters. The second-order valence-corrected chi connectivity index (χ2v) is 3.33. The highest BCUT2D eigenvalue weighted by atomic mass is 16.2. The molecule has 1 N–H and O–H groups in total. The van der Waals surface area contributed by atoms with Crippen LogP contribution in [0.2, 0.25) is 0 Å². The molecule has 0 saturated carbocycles. The summed E-state index contributed by atoms with van der Waals surface area (Å²) < 4.78 is 1.78. The van der Waals surface area contributed by atoms with Crippen LogP contribution in [0.25, 0.3) is 0 Å². The fourth-order valence-electron chi connectivity index (χ4n) is 1.51. The highest BCUT2D eigenvalue weighted by Crippen LogP contribution is 2.01. The largest absolute Gasteiger partial charge is 0.329 e. The Bertz CT molecular complexity index is 344. The quantitative estimate of drug-likeness (QED) is 0.698. The Hall–Kier alpha value is -1.85. The molecule has 0 radical (unpaired) electrons. The van der Waals surface area contributed by atoms with E-state index in [1.807, 2.05) is 12.3 Å². The number of urea groups is 1. The lowest BCUT2D eigenvalue weighted by atomic mass is 10.4. The second kappa shape index (κ2) is 4.12. The van der Waals surface area contributed by atoms with E-state index < -0.39 is 0 Å². The number of aryl methyl sites for hydroxylation is 1. The lowest BCUT2D eigenvalue weighted by molar-refractivity contribution is -0.125. The predicted molar refractivity (Wildman–Crippen MR) is 52.0 cm³/mol. The van der Waals surface area contributed by atoms with Crippen LogP contribution in [0.3, 0.4) is 0 Å². The van der Waals surface area contributed by atoms with E-state index >= 15 is 0 Å². The van der Waals surface area contributed by atoms with Crippen LogP contribution in [0.15, 0.2) is 18.5 Å². The third-order valence-corrected chi connectivity index (χ3v) is 2.27. The highest BCUT2D eigenvalue weighted by Gasteiger charge is 2.27. The van der Waals surface area contributed by atoms with E-state index in [2.05, 4.69) is 10.4 Å². The molecule has 1 aromatic heterocycles. The van der Waals surface area contributed by atoms with Gasteiger partial charge < -0.3 is 5.32 Å². The minimum absolute atomic E-state index is 0.126. The minimum Gasteiger partial charge on any atom is -0.329 e. The molecule has 6 heteroatoms. The van der Waals surface area contributed by atoms with Crippen LogP contribution in [0.1, 0.15) is 6.42 Å². The summed E-state index contributed by atoms with van der Waals surface area (Å²) in [6.07, 6.45) is 4.28. The predicted octanol–water partition coefficient (Wildman–Crippen LogP) is -0.175. The molecular weight excluding hydrogens is 196 g/mol. The summed E-state index contributed by atoms with van der Waals surface area (Å²) in [6.45, 7) is 1.29. The van der Waals surface area contributed by atoms with Crippen LogP contribution in [0, 0.1) is 0 Å².